The van der Waals surface area contributed by atoms with Gasteiger partial charge in [-0.3, -0.25) is 14.4 Å². The molecule has 36 heavy (non-hydrogen) atoms. The third-order valence-corrected chi connectivity index (χ3v) is 7.40. The molecule has 3 aromatic rings. The highest BCUT2D eigenvalue weighted by Gasteiger charge is 2.30. The standard InChI is InChI=1S/C27H28BClN4O3/c28-17-25(34)32-15-13-31(14-16-32)23-5-1-3-20-21(23)10-11-24(20)33-12-2-4-22(27(33)36)26(35)30-19-8-6-18(29)7-9-19/h1-9,12,24H,10-11,13-17,28H2,(H,30,35). The van der Waals surface area contributed by atoms with Gasteiger partial charge in [0.1, 0.15) is 13.4 Å². The van der Waals surface area contributed by atoms with Crippen LogP contribution in [0.1, 0.15) is 33.9 Å². The number of halogens is 1. The first-order valence-electron chi connectivity index (χ1n) is 12.4. The van der Waals surface area contributed by atoms with Crippen molar-refractivity contribution in [2.24, 2.45) is 0 Å². The van der Waals surface area contributed by atoms with Crippen LogP contribution in [-0.4, -0.2) is 55.3 Å². The first-order valence-corrected chi connectivity index (χ1v) is 12.8. The van der Waals surface area contributed by atoms with Crippen LogP contribution in [0.5, 0.6) is 0 Å². The number of hydrogen-bond acceptors (Lipinski definition) is 4. The second-order valence-electron chi connectivity index (χ2n) is 9.22. The minimum Gasteiger partial charge on any atom is -0.368 e. The van der Waals surface area contributed by atoms with Crippen molar-refractivity contribution in [3.05, 3.63) is 92.9 Å². The lowest BCUT2D eigenvalue weighted by Gasteiger charge is -2.37. The molecule has 1 unspecified atom stereocenters. The SMILES string of the molecule is BCC(=O)N1CCN(c2cccc3c2CCC3n2cccc(C(=O)Nc3ccc(Cl)cc3)c2=O)CC1. The lowest BCUT2D eigenvalue weighted by Crippen LogP contribution is -2.48. The third kappa shape index (κ3) is 4.65. The maximum Gasteiger partial charge on any atom is 0.263 e. The number of hydrogen-bond donors (Lipinski definition) is 1. The number of anilines is 2. The lowest BCUT2D eigenvalue weighted by atomic mass is 10.0. The van der Waals surface area contributed by atoms with Crippen molar-refractivity contribution in [3.8, 4) is 0 Å². The Morgan fingerprint density at radius 2 is 1.75 bits per heavy atom. The molecular formula is C27H28BClN4O3. The summed E-state index contributed by atoms with van der Waals surface area (Å²) >= 11 is 5.93. The van der Waals surface area contributed by atoms with E-state index < -0.39 is 5.91 Å². The van der Waals surface area contributed by atoms with Crippen LogP contribution in [0.3, 0.4) is 0 Å². The van der Waals surface area contributed by atoms with Gasteiger partial charge in [-0.15, -0.1) is 0 Å². The van der Waals surface area contributed by atoms with Gasteiger partial charge < -0.3 is 19.7 Å². The average Bonchev–Trinajstić information content (AvgIpc) is 3.34. The first-order chi connectivity index (χ1) is 17.5. The second-order valence-corrected chi connectivity index (χ2v) is 9.65. The van der Waals surface area contributed by atoms with Gasteiger partial charge in [-0.05, 0) is 72.8 Å². The molecule has 1 aliphatic carbocycles. The van der Waals surface area contributed by atoms with Crippen molar-refractivity contribution >= 4 is 42.6 Å². The van der Waals surface area contributed by atoms with E-state index >= 15 is 0 Å². The normalized spacial score (nSPS) is 17.1. The van der Waals surface area contributed by atoms with E-state index in [4.69, 9.17) is 11.6 Å². The predicted octanol–water partition coefficient (Wildman–Crippen LogP) is 2.99. The molecule has 2 heterocycles. The van der Waals surface area contributed by atoms with Gasteiger partial charge in [0.25, 0.3) is 11.5 Å². The Balaban J connectivity index is 1.38. The summed E-state index contributed by atoms with van der Waals surface area (Å²) in [5.74, 6) is -0.240. The van der Waals surface area contributed by atoms with Gasteiger partial charge in [-0.25, -0.2) is 0 Å². The van der Waals surface area contributed by atoms with E-state index in [1.807, 2.05) is 18.8 Å². The van der Waals surface area contributed by atoms with Gasteiger partial charge in [-0.1, -0.05) is 23.7 Å². The average molecular weight is 503 g/mol. The fourth-order valence-corrected chi connectivity index (χ4v) is 5.40. The molecule has 0 saturated carbocycles. The van der Waals surface area contributed by atoms with E-state index in [0.29, 0.717) is 17.0 Å². The molecule has 1 aromatic heterocycles. The van der Waals surface area contributed by atoms with Crippen LogP contribution >= 0.6 is 11.6 Å². The number of aromatic nitrogens is 1. The van der Waals surface area contributed by atoms with E-state index in [-0.39, 0.29) is 23.1 Å². The van der Waals surface area contributed by atoms with Crippen molar-refractivity contribution in [2.75, 3.05) is 36.4 Å². The van der Waals surface area contributed by atoms with E-state index in [9.17, 15) is 14.4 Å². The van der Waals surface area contributed by atoms with Crippen LogP contribution in [0, 0.1) is 0 Å². The summed E-state index contributed by atoms with van der Waals surface area (Å²) in [4.78, 5) is 42.6. The molecule has 184 valence electrons. The van der Waals surface area contributed by atoms with Gasteiger partial charge in [-0.2, -0.15) is 0 Å². The number of carbonyl (C=O) groups is 2. The molecule has 1 atom stereocenters. The van der Waals surface area contributed by atoms with Crippen LogP contribution in [0.25, 0.3) is 0 Å². The number of pyridine rings is 1. The Hall–Kier alpha value is -3.52. The number of fused-ring (bicyclic) bond motifs is 1. The predicted molar refractivity (Wildman–Crippen MR) is 145 cm³/mol. The number of piperazine rings is 1. The largest absolute Gasteiger partial charge is 0.368 e. The molecular weight excluding hydrogens is 475 g/mol. The molecule has 7 nitrogen and oxygen atoms in total. The number of amides is 2. The van der Waals surface area contributed by atoms with Gasteiger partial charge in [0.2, 0.25) is 5.91 Å². The van der Waals surface area contributed by atoms with E-state index in [2.05, 4.69) is 22.3 Å². The van der Waals surface area contributed by atoms with Gasteiger partial charge in [0, 0.05) is 48.8 Å². The first kappa shape index (κ1) is 24.2. The summed E-state index contributed by atoms with van der Waals surface area (Å²) < 4.78 is 1.68. The van der Waals surface area contributed by atoms with Crippen molar-refractivity contribution < 1.29 is 9.59 Å². The number of benzene rings is 2. The maximum absolute atomic E-state index is 13.4. The second kappa shape index (κ2) is 10.2. The van der Waals surface area contributed by atoms with Gasteiger partial charge >= 0.3 is 0 Å². The van der Waals surface area contributed by atoms with Crippen molar-refractivity contribution in [3.63, 3.8) is 0 Å². The molecule has 0 spiro atoms. The van der Waals surface area contributed by atoms with Crippen molar-refractivity contribution in [1.82, 2.24) is 9.47 Å². The molecule has 0 bridgehead atoms. The van der Waals surface area contributed by atoms with Crippen LogP contribution in [0.4, 0.5) is 11.4 Å². The molecule has 1 aliphatic heterocycles. The van der Waals surface area contributed by atoms with Gasteiger partial charge in [0.15, 0.2) is 0 Å². The van der Waals surface area contributed by atoms with E-state index in [1.54, 1.807) is 47.2 Å². The fraction of sp³-hybridized carbons (Fsp3) is 0.296. The third-order valence-electron chi connectivity index (χ3n) is 7.15. The topological polar surface area (TPSA) is 74.7 Å². The summed E-state index contributed by atoms with van der Waals surface area (Å²) in [6.45, 7) is 3.05. The zero-order valence-corrected chi connectivity index (χ0v) is 21.0. The molecule has 1 fully saturated rings. The molecule has 2 aliphatic rings. The minimum absolute atomic E-state index is 0.105. The fourth-order valence-electron chi connectivity index (χ4n) is 5.28. The summed E-state index contributed by atoms with van der Waals surface area (Å²) in [6, 6.07) is 16.2. The van der Waals surface area contributed by atoms with Crippen molar-refractivity contribution in [2.45, 2.75) is 25.2 Å². The Bertz CT molecular complexity index is 1350. The highest BCUT2D eigenvalue weighted by Crippen LogP contribution is 2.39. The monoisotopic (exact) mass is 502 g/mol. The molecule has 2 aromatic carbocycles. The lowest BCUT2D eigenvalue weighted by molar-refractivity contribution is -0.129. The van der Waals surface area contributed by atoms with Crippen molar-refractivity contribution in [1.29, 1.82) is 0 Å². The Morgan fingerprint density at radius 1 is 1.00 bits per heavy atom. The maximum atomic E-state index is 13.4. The van der Waals surface area contributed by atoms with Crippen LogP contribution in [0.15, 0.2) is 65.6 Å². The molecule has 9 heteroatoms. The number of carbonyl (C=O) groups excluding carboxylic acids is 2. The Labute approximate surface area is 216 Å². The summed E-state index contributed by atoms with van der Waals surface area (Å²) in [6.07, 6.45) is 3.96. The molecule has 0 radical (unpaired) electrons. The quantitative estimate of drug-likeness (QED) is 0.544. The summed E-state index contributed by atoms with van der Waals surface area (Å²) in [5.41, 5.74) is 3.93. The molecule has 1 saturated heterocycles. The highest BCUT2D eigenvalue weighted by atomic mass is 35.5. The molecule has 2 amide bonds. The summed E-state index contributed by atoms with van der Waals surface area (Å²) in [7, 11) is 1.90. The number of nitrogens with zero attached hydrogens (tertiary/aromatic N) is 3. The molecule has 5 rings (SSSR count). The number of nitrogens with one attached hydrogen (secondary N) is 1. The molecule has 1 N–H and O–H groups in total. The van der Waals surface area contributed by atoms with Gasteiger partial charge in [0.05, 0.1) is 6.04 Å². The van der Waals surface area contributed by atoms with Crippen LogP contribution in [-0.2, 0) is 11.2 Å². The zero-order chi connectivity index (χ0) is 25.2. The van der Waals surface area contributed by atoms with E-state index in [1.165, 1.54) is 11.3 Å². The number of rotatable bonds is 5. The zero-order valence-electron chi connectivity index (χ0n) is 20.2. The smallest absolute Gasteiger partial charge is 0.263 e. The highest BCUT2D eigenvalue weighted by molar-refractivity contribution is 6.30. The van der Waals surface area contributed by atoms with Crippen LogP contribution in [0.2, 0.25) is 11.3 Å². The minimum atomic E-state index is -0.442. The Kier molecular flexibility index (Phi) is 6.87. The Morgan fingerprint density at radius 3 is 2.47 bits per heavy atom. The van der Waals surface area contributed by atoms with E-state index in [0.717, 1.165) is 44.6 Å². The summed E-state index contributed by atoms with van der Waals surface area (Å²) in [5, 5.41) is 3.36. The van der Waals surface area contributed by atoms with Crippen LogP contribution < -0.4 is 15.8 Å².